The van der Waals surface area contributed by atoms with Crippen LogP contribution < -0.4 is 5.32 Å². The third kappa shape index (κ3) is 4.95. The van der Waals surface area contributed by atoms with Crippen LogP contribution in [0.4, 0.5) is 11.4 Å². The van der Waals surface area contributed by atoms with Gasteiger partial charge >= 0.3 is 5.97 Å². The average molecular weight is 418 g/mol. The summed E-state index contributed by atoms with van der Waals surface area (Å²) in [6.45, 7) is 5.34. The third-order valence-electron chi connectivity index (χ3n) is 4.87. The lowest BCUT2D eigenvalue weighted by atomic mass is 10.1. The summed E-state index contributed by atoms with van der Waals surface area (Å²) in [6.07, 6.45) is -1.28. The first-order chi connectivity index (χ1) is 14.8. The van der Waals surface area contributed by atoms with E-state index in [-0.39, 0.29) is 11.3 Å². The van der Waals surface area contributed by atoms with Crippen LogP contribution in [-0.4, -0.2) is 16.8 Å². The first-order valence-electron chi connectivity index (χ1n) is 9.66. The molecule has 3 rings (SSSR count). The number of carbonyl (C=O) groups is 2. The van der Waals surface area contributed by atoms with E-state index in [0.29, 0.717) is 16.8 Å². The summed E-state index contributed by atoms with van der Waals surface area (Å²) in [5.74, 6) is -1.49. The highest BCUT2D eigenvalue weighted by molar-refractivity contribution is 6.00. The minimum absolute atomic E-state index is 0.173. The maximum Gasteiger partial charge on any atom is 0.346 e. The van der Waals surface area contributed by atoms with E-state index in [2.05, 4.69) is 5.32 Å². The lowest BCUT2D eigenvalue weighted by molar-refractivity contribution is -0.385. The third-order valence-corrected chi connectivity index (χ3v) is 4.87. The van der Waals surface area contributed by atoms with Crippen LogP contribution in [0, 0.1) is 30.9 Å². The molecule has 158 valence electrons. The minimum atomic E-state index is -1.28. The van der Waals surface area contributed by atoms with Crippen LogP contribution in [0.5, 0.6) is 0 Å². The van der Waals surface area contributed by atoms with Crippen LogP contribution in [0.2, 0.25) is 0 Å². The molecule has 0 heterocycles. The molecule has 31 heavy (non-hydrogen) atoms. The maximum atomic E-state index is 13.1. The number of carbonyl (C=O) groups excluding carboxylic acids is 2. The van der Waals surface area contributed by atoms with E-state index in [1.807, 2.05) is 32.0 Å². The fourth-order valence-electron chi connectivity index (χ4n) is 3.21. The van der Waals surface area contributed by atoms with E-state index in [1.165, 1.54) is 12.1 Å². The molecule has 0 aliphatic heterocycles. The molecule has 0 spiro atoms. The highest BCUT2D eigenvalue weighted by atomic mass is 16.6. The van der Waals surface area contributed by atoms with Gasteiger partial charge in [0.25, 0.3) is 11.6 Å². The summed E-state index contributed by atoms with van der Waals surface area (Å²) in [5.41, 5.74) is 2.72. The molecule has 1 amide bonds. The second-order valence-electron chi connectivity index (χ2n) is 7.23. The summed E-state index contributed by atoms with van der Waals surface area (Å²) in [4.78, 5) is 36.8. The summed E-state index contributed by atoms with van der Waals surface area (Å²) < 4.78 is 5.54. The zero-order valence-electron chi connectivity index (χ0n) is 17.4. The molecule has 0 aromatic heterocycles. The molecular weight excluding hydrogens is 396 g/mol. The van der Waals surface area contributed by atoms with Crippen molar-refractivity contribution in [3.05, 3.63) is 105 Å². The van der Waals surface area contributed by atoms with Gasteiger partial charge in [-0.15, -0.1) is 0 Å². The molecule has 1 atom stereocenters. The predicted molar refractivity (Wildman–Crippen MR) is 117 cm³/mol. The van der Waals surface area contributed by atoms with Gasteiger partial charge in [0.2, 0.25) is 6.10 Å². The molecule has 0 saturated carbocycles. The Balaban J connectivity index is 1.96. The molecule has 1 unspecified atom stereocenters. The van der Waals surface area contributed by atoms with Crippen LogP contribution in [0.15, 0.2) is 66.7 Å². The van der Waals surface area contributed by atoms with Gasteiger partial charge in [-0.3, -0.25) is 14.9 Å². The number of amides is 1. The number of nitro groups is 1. The van der Waals surface area contributed by atoms with Crippen molar-refractivity contribution < 1.29 is 19.2 Å². The number of rotatable bonds is 6. The first-order valence-corrected chi connectivity index (χ1v) is 9.66. The number of esters is 1. The molecule has 0 bridgehead atoms. The Morgan fingerprint density at radius 3 is 2.32 bits per heavy atom. The minimum Gasteiger partial charge on any atom is -0.443 e. The number of anilines is 1. The number of nitrogens with zero attached hydrogens (tertiary/aromatic N) is 1. The molecule has 7 heteroatoms. The number of aryl methyl sites for hydroxylation is 3. The monoisotopic (exact) mass is 418 g/mol. The smallest absolute Gasteiger partial charge is 0.346 e. The number of nitro benzene ring substituents is 1. The Labute approximate surface area is 179 Å². The summed E-state index contributed by atoms with van der Waals surface area (Å²) in [7, 11) is 0. The van der Waals surface area contributed by atoms with E-state index in [0.717, 1.165) is 11.1 Å². The van der Waals surface area contributed by atoms with Gasteiger partial charge < -0.3 is 10.1 Å². The second-order valence-corrected chi connectivity index (χ2v) is 7.23. The molecule has 3 aromatic carbocycles. The standard InChI is InChI=1S/C24H22N2O5/c1-15-12-13-16(2)19(14-15)25-23(27)22(18-9-5-4-6-10-18)31-24(28)21-17(3)8-7-11-20(21)26(29)30/h4-14,22H,1-3H3,(H,25,27). The van der Waals surface area contributed by atoms with E-state index in [1.54, 1.807) is 43.3 Å². The van der Waals surface area contributed by atoms with E-state index < -0.39 is 22.9 Å². The number of hydrogen-bond donors (Lipinski definition) is 1. The molecule has 0 radical (unpaired) electrons. The summed E-state index contributed by atoms with van der Waals surface area (Å²) >= 11 is 0. The fourth-order valence-corrected chi connectivity index (χ4v) is 3.21. The number of ether oxygens (including phenoxy) is 1. The van der Waals surface area contributed by atoms with Gasteiger partial charge in [0, 0.05) is 17.3 Å². The zero-order chi connectivity index (χ0) is 22.5. The van der Waals surface area contributed by atoms with E-state index in [9.17, 15) is 19.7 Å². The molecular formula is C24H22N2O5. The number of hydrogen-bond acceptors (Lipinski definition) is 5. The van der Waals surface area contributed by atoms with Crippen molar-refractivity contribution in [1.29, 1.82) is 0 Å². The Bertz CT molecular complexity index is 1140. The lowest BCUT2D eigenvalue weighted by Gasteiger charge is -2.19. The van der Waals surface area contributed by atoms with Gasteiger partial charge in [0.1, 0.15) is 5.56 Å². The maximum absolute atomic E-state index is 13.1. The van der Waals surface area contributed by atoms with Crippen molar-refractivity contribution in [2.45, 2.75) is 26.9 Å². The van der Waals surface area contributed by atoms with Gasteiger partial charge in [-0.25, -0.2) is 4.79 Å². The van der Waals surface area contributed by atoms with Crippen molar-refractivity contribution in [2.75, 3.05) is 5.32 Å². The SMILES string of the molecule is Cc1ccc(C)c(NC(=O)C(OC(=O)c2c(C)cccc2[N+](=O)[O-])c2ccccc2)c1. The van der Waals surface area contributed by atoms with E-state index in [4.69, 9.17) is 4.74 Å². The highest BCUT2D eigenvalue weighted by Gasteiger charge is 2.30. The Kier molecular flexibility index (Phi) is 6.45. The van der Waals surface area contributed by atoms with Crippen molar-refractivity contribution in [3.63, 3.8) is 0 Å². The molecule has 0 saturated heterocycles. The molecule has 3 aromatic rings. The second kappa shape index (κ2) is 9.21. The predicted octanol–water partition coefficient (Wildman–Crippen LogP) is 5.06. The summed E-state index contributed by atoms with van der Waals surface area (Å²) in [6, 6.07) is 18.5. The van der Waals surface area contributed by atoms with Gasteiger partial charge in [-0.05, 0) is 43.5 Å². The number of benzene rings is 3. The van der Waals surface area contributed by atoms with Crippen LogP contribution in [0.3, 0.4) is 0 Å². The van der Waals surface area contributed by atoms with E-state index >= 15 is 0 Å². The van der Waals surface area contributed by atoms with Crippen molar-refractivity contribution in [1.82, 2.24) is 0 Å². The summed E-state index contributed by atoms with van der Waals surface area (Å²) in [5, 5.41) is 14.2. The van der Waals surface area contributed by atoms with Crippen LogP contribution in [-0.2, 0) is 9.53 Å². The van der Waals surface area contributed by atoms with Crippen molar-refractivity contribution in [3.8, 4) is 0 Å². The molecule has 1 N–H and O–H groups in total. The van der Waals surface area contributed by atoms with Gasteiger partial charge in [-0.1, -0.05) is 54.6 Å². The van der Waals surface area contributed by atoms with Gasteiger partial charge in [0.05, 0.1) is 4.92 Å². The Morgan fingerprint density at radius 1 is 0.935 bits per heavy atom. The average Bonchev–Trinajstić information content (AvgIpc) is 2.74. The molecule has 0 aliphatic carbocycles. The molecule has 0 fully saturated rings. The van der Waals surface area contributed by atoms with Crippen LogP contribution in [0.25, 0.3) is 0 Å². The van der Waals surface area contributed by atoms with Crippen LogP contribution in [0.1, 0.15) is 38.7 Å². The number of nitrogens with one attached hydrogen (secondary N) is 1. The quantitative estimate of drug-likeness (QED) is 0.343. The lowest BCUT2D eigenvalue weighted by Crippen LogP contribution is -2.26. The largest absolute Gasteiger partial charge is 0.443 e. The first kappa shape index (κ1) is 21.7. The van der Waals surface area contributed by atoms with Crippen molar-refractivity contribution >= 4 is 23.3 Å². The Hall–Kier alpha value is -4.00. The Morgan fingerprint density at radius 2 is 1.65 bits per heavy atom. The van der Waals surface area contributed by atoms with Gasteiger partial charge in [-0.2, -0.15) is 0 Å². The molecule has 7 nitrogen and oxygen atoms in total. The zero-order valence-corrected chi connectivity index (χ0v) is 17.4. The topological polar surface area (TPSA) is 98.5 Å². The van der Waals surface area contributed by atoms with Gasteiger partial charge in [0.15, 0.2) is 0 Å². The fraction of sp³-hybridized carbons (Fsp3) is 0.167. The molecule has 0 aliphatic rings. The normalized spacial score (nSPS) is 11.5. The van der Waals surface area contributed by atoms with Crippen molar-refractivity contribution in [2.24, 2.45) is 0 Å². The van der Waals surface area contributed by atoms with Crippen LogP contribution >= 0.6 is 0 Å². The highest BCUT2D eigenvalue weighted by Crippen LogP contribution is 2.28.